The first-order chi connectivity index (χ1) is 6.76. The van der Waals surface area contributed by atoms with E-state index in [9.17, 15) is 0 Å². The first kappa shape index (κ1) is 10.5. The number of benzene rings is 1. The summed E-state index contributed by atoms with van der Waals surface area (Å²) >= 11 is 0. The van der Waals surface area contributed by atoms with Crippen LogP contribution in [0, 0.1) is 0 Å². The zero-order chi connectivity index (χ0) is 10.4. The summed E-state index contributed by atoms with van der Waals surface area (Å²) in [5.41, 5.74) is 2.12. The molecule has 0 amide bonds. The predicted octanol–water partition coefficient (Wildman–Crippen LogP) is 1.56. The van der Waals surface area contributed by atoms with Gasteiger partial charge in [-0.25, -0.2) is 0 Å². The third-order valence-electron chi connectivity index (χ3n) is 1.83. The van der Waals surface area contributed by atoms with E-state index in [0.29, 0.717) is 0 Å². The molecule has 0 bridgehead atoms. The van der Waals surface area contributed by atoms with E-state index < -0.39 is 0 Å². The summed E-state index contributed by atoms with van der Waals surface area (Å²) in [4.78, 5) is 4.84. The van der Waals surface area contributed by atoms with Gasteiger partial charge in [-0.05, 0) is 17.7 Å². The molecule has 0 aliphatic rings. The molecule has 1 aromatic carbocycles. The number of hydrogen-bond donors (Lipinski definition) is 1. The second-order valence-electron chi connectivity index (χ2n) is 2.76. The van der Waals surface area contributed by atoms with E-state index in [2.05, 4.69) is 10.4 Å². The third-order valence-corrected chi connectivity index (χ3v) is 1.83. The van der Waals surface area contributed by atoms with Gasteiger partial charge in [0.05, 0.1) is 20.4 Å². The zero-order valence-electron chi connectivity index (χ0n) is 8.69. The minimum Gasteiger partial charge on any atom is -0.388 e. The van der Waals surface area contributed by atoms with E-state index in [1.807, 2.05) is 31.3 Å². The molecule has 0 aliphatic heterocycles. The SMILES string of the molecule is CNc1ccc(/C=N\N(C)OC)cc1. The molecule has 4 nitrogen and oxygen atoms in total. The summed E-state index contributed by atoms with van der Waals surface area (Å²) in [6.45, 7) is 0. The molecule has 0 radical (unpaired) electrons. The van der Waals surface area contributed by atoms with Gasteiger partial charge in [0.25, 0.3) is 0 Å². The molecular formula is C10H15N3O. The Balaban J connectivity index is 2.64. The van der Waals surface area contributed by atoms with Crippen LogP contribution in [0.2, 0.25) is 0 Å². The van der Waals surface area contributed by atoms with E-state index in [0.717, 1.165) is 11.3 Å². The van der Waals surface area contributed by atoms with Crippen molar-refractivity contribution in [2.24, 2.45) is 5.10 Å². The number of hydrogen-bond acceptors (Lipinski definition) is 4. The fourth-order valence-electron chi connectivity index (χ4n) is 0.931. The van der Waals surface area contributed by atoms with Gasteiger partial charge in [0.2, 0.25) is 0 Å². The van der Waals surface area contributed by atoms with E-state index in [4.69, 9.17) is 4.84 Å². The topological polar surface area (TPSA) is 36.9 Å². The van der Waals surface area contributed by atoms with Gasteiger partial charge in [0, 0.05) is 12.7 Å². The van der Waals surface area contributed by atoms with Crippen LogP contribution in [0.1, 0.15) is 5.56 Å². The Labute approximate surface area is 84.1 Å². The molecule has 0 unspecified atom stereocenters. The van der Waals surface area contributed by atoms with Crippen molar-refractivity contribution in [3.05, 3.63) is 29.8 Å². The molecule has 0 saturated carbocycles. The highest BCUT2D eigenvalue weighted by atomic mass is 16.7. The molecule has 0 atom stereocenters. The van der Waals surface area contributed by atoms with Gasteiger partial charge < -0.3 is 5.32 Å². The van der Waals surface area contributed by atoms with Crippen LogP contribution in [-0.4, -0.2) is 32.6 Å². The van der Waals surface area contributed by atoms with Crippen LogP contribution in [0.25, 0.3) is 0 Å². The number of nitrogens with zero attached hydrogens (tertiary/aromatic N) is 2. The normalized spacial score (nSPS) is 10.5. The Kier molecular flexibility index (Phi) is 3.94. The van der Waals surface area contributed by atoms with Gasteiger partial charge in [-0.15, -0.1) is 0 Å². The number of hydroxylamine groups is 1. The monoisotopic (exact) mass is 193 g/mol. The van der Waals surface area contributed by atoms with Crippen LogP contribution in [-0.2, 0) is 4.84 Å². The maximum atomic E-state index is 4.84. The van der Waals surface area contributed by atoms with Gasteiger partial charge in [0.1, 0.15) is 0 Å². The van der Waals surface area contributed by atoms with Gasteiger partial charge in [-0.1, -0.05) is 12.1 Å². The van der Waals surface area contributed by atoms with Crippen LogP contribution in [0.3, 0.4) is 0 Å². The maximum Gasteiger partial charge on any atom is 0.0657 e. The average Bonchev–Trinajstić information content (AvgIpc) is 2.26. The van der Waals surface area contributed by atoms with Crippen LogP contribution >= 0.6 is 0 Å². The highest BCUT2D eigenvalue weighted by Crippen LogP contribution is 2.06. The lowest BCUT2D eigenvalue weighted by atomic mass is 10.2. The largest absolute Gasteiger partial charge is 0.388 e. The van der Waals surface area contributed by atoms with Crippen molar-refractivity contribution in [2.75, 3.05) is 26.5 Å². The van der Waals surface area contributed by atoms with Gasteiger partial charge in [-0.3, -0.25) is 4.84 Å². The first-order valence-electron chi connectivity index (χ1n) is 4.36. The van der Waals surface area contributed by atoms with Crippen LogP contribution in [0.15, 0.2) is 29.4 Å². The molecule has 0 heterocycles. The molecule has 0 aliphatic carbocycles. The van der Waals surface area contributed by atoms with Crippen molar-refractivity contribution < 1.29 is 4.84 Å². The lowest BCUT2D eigenvalue weighted by molar-refractivity contribution is -0.107. The second kappa shape index (κ2) is 5.24. The Hall–Kier alpha value is -1.55. The molecule has 1 aromatic rings. The zero-order valence-corrected chi connectivity index (χ0v) is 8.69. The van der Waals surface area contributed by atoms with Crippen LogP contribution in [0.5, 0.6) is 0 Å². The van der Waals surface area contributed by atoms with Crippen LogP contribution in [0.4, 0.5) is 5.69 Å². The molecule has 14 heavy (non-hydrogen) atoms. The minimum atomic E-state index is 1.04. The lowest BCUT2D eigenvalue weighted by Gasteiger charge is -2.07. The number of nitrogens with one attached hydrogen (secondary N) is 1. The fourth-order valence-corrected chi connectivity index (χ4v) is 0.931. The Morgan fingerprint density at radius 3 is 2.50 bits per heavy atom. The second-order valence-corrected chi connectivity index (χ2v) is 2.76. The lowest BCUT2D eigenvalue weighted by Crippen LogP contribution is -2.08. The van der Waals surface area contributed by atoms with Gasteiger partial charge >= 0.3 is 0 Å². The predicted molar refractivity (Wildman–Crippen MR) is 58.4 cm³/mol. The van der Waals surface area contributed by atoms with Crippen molar-refractivity contribution in [2.45, 2.75) is 0 Å². The molecule has 1 N–H and O–H groups in total. The summed E-state index contributed by atoms with van der Waals surface area (Å²) < 4.78 is 0. The molecule has 1 rings (SSSR count). The molecule has 0 saturated heterocycles. The molecule has 0 aromatic heterocycles. The Morgan fingerprint density at radius 2 is 2.00 bits per heavy atom. The summed E-state index contributed by atoms with van der Waals surface area (Å²) in [5, 5.41) is 8.48. The van der Waals surface area contributed by atoms with Crippen molar-refractivity contribution in [1.82, 2.24) is 5.17 Å². The highest BCUT2D eigenvalue weighted by Gasteiger charge is 1.90. The van der Waals surface area contributed by atoms with Gasteiger partial charge in [0.15, 0.2) is 0 Å². The molecular weight excluding hydrogens is 178 g/mol. The summed E-state index contributed by atoms with van der Waals surface area (Å²) in [5.74, 6) is 0. The number of hydrazone groups is 1. The molecule has 0 fully saturated rings. The first-order valence-corrected chi connectivity index (χ1v) is 4.36. The minimum absolute atomic E-state index is 1.04. The Morgan fingerprint density at radius 1 is 1.36 bits per heavy atom. The van der Waals surface area contributed by atoms with Crippen molar-refractivity contribution >= 4 is 11.9 Å². The van der Waals surface area contributed by atoms with Crippen LogP contribution < -0.4 is 5.32 Å². The highest BCUT2D eigenvalue weighted by molar-refractivity contribution is 5.79. The summed E-state index contributed by atoms with van der Waals surface area (Å²) in [6, 6.07) is 7.96. The smallest absolute Gasteiger partial charge is 0.0657 e. The van der Waals surface area contributed by atoms with E-state index in [-0.39, 0.29) is 0 Å². The molecule has 76 valence electrons. The summed E-state index contributed by atoms with van der Waals surface area (Å²) in [6.07, 6.45) is 1.74. The quantitative estimate of drug-likeness (QED) is 0.582. The standard InChI is InChI=1S/C10H15N3O/c1-11-10-6-4-9(5-7-10)8-12-13(2)14-3/h4-8,11H,1-3H3/b12-8-. The van der Waals surface area contributed by atoms with E-state index in [1.165, 1.54) is 5.17 Å². The molecule has 0 spiro atoms. The van der Waals surface area contributed by atoms with E-state index in [1.54, 1.807) is 20.4 Å². The fraction of sp³-hybridized carbons (Fsp3) is 0.300. The van der Waals surface area contributed by atoms with Crippen molar-refractivity contribution in [1.29, 1.82) is 0 Å². The third kappa shape index (κ3) is 3.06. The van der Waals surface area contributed by atoms with Gasteiger partial charge in [-0.2, -0.15) is 10.3 Å². The van der Waals surface area contributed by atoms with Crippen molar-refractivity contribution in [3.63, 3.8) is 0 Å². The Bertz CT molecular complexity index is 295. The van der Waals surface area contributed by atoms with E-state index >= 15 is 0 Å². The van der Waals surface area contributed by atoms with Crippen molar-refractivity contribution in [3.8, 4) is 0 Å². The number of anilines is 1. The number of rotatable bonds is 4. The maximum absolute atomic E-state index is 4.84. The molecule has 4 heteroatoms. The summed E-state index contributed by atoms with van der Waals surface area (Å²) in [7, 11) is 5.20. The average molecular weight is 193 g/mol.